The summed E-state index contributed by atoms with van der Waals surface area (Å²) in [5, 5.41) is 0. The van der Waals surface area contributed by atoms with Crippen molar-refractivity contribution in [2.24, 2.45) is 0 Å². The van der Waals surface area contributed by atoms with Crippen molar-refractivity contribution in [3.63, 3.8) is 0 Å². The first-order valence-electron chi connectivity index (χ1n) is 4.46. The maximum atomic E-state index is 11.2. The monoisotopic (exact) mass is 187 g/mol. The topological polar surface area (TPSA) is 34.1 Å². The summed E-state index contributed by atoms with van der Waals surface area (Å²) in [6, 6.07) is 9.25. The summed E-state index contributed by atoms with van der Waals surface area (Å²) in [5.41, 5.74) is 0.950. The average Bonchev–Trinajstić information content (AvgIpc) is 2.26. The van der Waals surface area contributed by atoms with E-state index in [1.54, 1.807) is 19.3 Å². The molecule has 0 aromatic heterocycles. The zero-order valence-corrected chi connectivity index (χ0v) is 7.99. The Kier molecular flexibility index (Phi) is 3.80. The van der Waals surface area contributed by atoms with Gasteiger partial charge in [-0.3, -0.25) is 9.59 Å². The standard InChI is InChI=1S/C12H11O2/c1-2-12(14)11(9-13)8-10-6-4-3-5-7-10/h3-8H,2H2,1H3. The van der Waals surface area contributed by atoms with Gasteiger partial charge < -0.3 is 0 Å². The number of ketones is 1. The van der Waals surface area contributed by atoms with Crippen LogP contribution in [-0.2, 0) is 9.59 Å². The Morgan fingerprint density at radius 2 is 2.00 bits per heavy atom. The molecule has 0 N–H and O–H groups in total. The lowest BCUT2D eigenvalue weighted by molar-refractivity contribution is -0.114. The molecule has 0 aliphatic carbocycles. The van der Waals surface area contributed by atoms with Crippen LogP contribution in [0.4, 0.5) is 0 Å². The van der Waals surface area contributed by atoms with E-state index < -0.39 is 0 Å². The molecule has 0 saturated heterocycles. The van der Waals surface area contributed by atoms with E-state index in [1.807, 2.05) is 30.3 Å². The molecule has 0 atom stereocenters. The van der Waals surface area contributed by atoms with E-state index in [0.29, 0.717) is 6.42 Å². The fourth-order valence-electron chi connectivity index (χ4n) is 1.07. The van der Waals surface area contributed by atoms with E-state index in [0.717, 1.165) is 5.56 Å². The zero-order valence-electron chi connectivity index (χ0n) is 7.99. The van der Waals surface area contributed by atoms with Gasteiger partial charge in [0.25, 0.3) is 0 Å². The van der Waals surface area contributed by atoms with Gasteiger partial charge in [0, 0.05) is 6.42 Å². The predicted octanol–water partition coefficient (Wildman–Crippen LogP) is 2.16. The third-order valence-electron chi connectivity index (χ3n) is 1.84. The van der Waals surface area contributed by atoms with Crippen LogP contribution in [0.3, 0.4) is 0 Å². The maximum absolute atomic E-state index is 11.2. The molecule has 0 amide bonds. The van der Waals surface area contributed by atoms with Gasteiger partial charge in [0.2, 0.25) is 6.29 Å². The maximum Gasteiger partial charge on any atom is 0.237 e. The van der Waals surface area contributed by atoms with Gasteiger partial charge in [-0.25, -0.2) is 0 Å². The van der Waals surface area contributed by atoms with Crippen molar-refractivity contribution in [3.05, 3.63) is 41.5 Å². The van der Waals surface area contributed by atoms with Gasteiger partial charge in [-0.1, -0.05) is 37.3 Å². The number of hydrogen-bond acceptors (Lipinski definition) is 2. The zero-order chi connectivity index (χ0) is 10.4. The van der Waals surface area contributed by atoms with Crippen molar-refractivity contribution < 1.29 is 9.59 Å². The van der Waals surface area contributed by atoms with Gasteiger partial charge in [-0.15, -0.1) is 0 Å². The number of benzene rings is 1. The van der Waals surface area contributed by atoms with Gasteiger partial charge in [-0.05, 0) is 11.6 Å². The SMILES string of the molecule is CCC(=O)C([C]=O)=Cc1ccccc1. The Labute approximate surface area is 83.3 Å². The number of carbonyl (C=O) groups excluding carboxylic acids is 2. The van der Waals surface area contributed by atoms with Gasteiger partial charge in [0.05, 0.1) is 5.57 Å². The second-order valence-corrected chi connectivity index (χ2v) is 2.85. The molecule has 0 bridgehead atoms. The molecule has 1 rings (SSSR count). The van der Waals surface area contributed by atoms with Crippen LogP contribution in [0.2, 0.25) is 0 Å². The molecule has 0 fully saturated rings. The quantitative estimate of drug-likeness (QED) is 0.411. The third kappa shape index (κ3) is 2.66. The lowest BCUT2D eigenvalue weighted by Crippen LogP contribution is -2.01. The lowest BCUT2D eigenvalue weighted by atomic mass is 10.1. The van der Waals surface area contributed by atoms with Crippen molar-refractivity contribution in [2.75, 3.05) is 0 Å². The van der Waals surface area contributed by atoms with E-state index in [9.17, 15) is 9.59 Å². The molecule has 2 nitrogen and oxygen atoms in total. The van der Waals surface area contributed by atoms with E-state index in [1.165, 1.54) is 0 Å². The van der Waals surface area contributed by atoms with E-state index in [4.69, 9.17) is 0 Å². The molecule has 1 aromatic carbocycles. The van der Waals surface area contributed by atoms with Crippen molar-refractivity contribution in [1.82, 2.24) is 0 Å². The van der Waals surface area contributed by atoms with Crippen LogP contribution >= 0.6 is 0 Å². The summed E-state index contributed by atoms with van der Waals surface area (Å²) in [5.74, 6) is -0.177. The molecule has 14 heavy (non-hydrogen) atoms. The minimum Gasteiger partial charge on any atom is -0.294 e. The number of rotatable bonds is 4. The highest BCUT2D eigenvalue weighted by Crippen LogP contribution is 2.06. The molecule has 0 saturated carbocycles. The first-order chi connectivity index (χ1) is 6.77. The average molecular weight is 187 g/mol. The fraction of sp³-hybridized carbons (Fsp3) is 0.167. The van der Waals surface area contributed by atoms with Gasteiger partial charge in [0.15, 0.2) is 5.78 Å². The summed E-state index contributed by atoms with van der Waals surface area (Å²) in [7, 11) is 0. The van der Waals surface area contributed by atoms with Crippen molar-refractivity contribution in [2.45, 2.75) is 13.3 Å². The summed E-state index contributed by atoms with van der Waals surface area (Å²) in [4.78, 5) is 21.7. The van der Waals surface area contributed by atoms with E-state index >= 15 is 0 Å². The second-order valence-electron chi connectivity index (χ2n) is 2.85. The molecule has 2 heteroatoms. The van der Waals surface area contributed by atoms with Gasteiger partial charge >= 0.3 is 0 Å². The second kappa shape index (κ2) is 5.12. The number of allylic oxidation sites excluding steroid dienone is 1. The molecule has 0 unspecified atom stereocenters. The minimum atomic E-state index is -0.177. The highest BCUT2D eigenvalue weighted by molar-refractivity contribution is 6.15. The van der Waals surface area contributed by atoms with Gasteiger partial charge in [0.1, 0.15) is 0 Å². The number of hydrogen-bond donors (Lipinski definition) is 0. The number of Topliss-reactive ketones (excluding diaryl/α,β-unsaturated/α-hetero) is 1. The van der Waals surface area contributed by atoms with Crippen LogP contribution in [0.5, 0.6) is 0 Å². The normalized spacial score (nSPS) is 11.1. The molecule has 0 heterocycles. The molecule has 0 aliphatic heterocycles. The molecular formula is C12H11O2. The van der Waals surface area contributed by atoms with Crippen molar-refractivity contribution >= 4 is 18.1 Å². The Hall–Kier alpha value is -1.70. The molecule has 71 valence electrons. The van der Waals surface area contributed by atoms with Crippen molar-refractivity contribution in [1.29, 1.82) is 0 Å². The number of carbonyl (C=O) groups is 1. The van der Waals surface area contributed by atoms with Crippen molar-refractivity contribution in [3.8, 4) is 0 Å². The molecule has 0 aliphatic rings. The summed E-state index contributed by atoms with van der Waals surface area (Å²) in [6.45, 7) is 1.72. The highest BCUT2D eigenvalue weighted by atomic mass is 16.1. The summed E-state index contributed by atoms with van der Waals surface area (Å²) < 4.78 is 0. The highest BCUT2D eigenvalue weighted by Gasteiger charge is 2.06. The fourth-order valence-corrected chi connectivity index (χ4v) is 1.07. The van der Waals surface area contributed by atoms with Crippen LogP contribution in [-0.4, -0.2) is 12.1 Å². The Morgan fingerprint density at radius 3 is 2.50 bits per heavy atom. The van der Waals surface area contributed by atoms with E-state index in [2.05, 4.69) is 0 Å². The third-order valence-corrected chi connectivity index (χ3v) is 1.84. The molecule has 0 spiro atoms. The molecule has 1 aromatic rings. The Balaban J connectivity index is 2.95. The van der Waals surface area contributed by atoms with E-state index in [-0.39, 0.29) is 11.4 Å². The molecule has 1 radical (unpaired) electrons. The van der Waals surface area contributed by atoms with Crippen LogP contribution < -0.4 is 0 Å². The van der Waals surface area contributed by atoms with Crippen LogP contribution in [0.1, 0.15) is 18.9 Å². The minimum absolute atomic E-state index is 0.110. The largest absolute Gasteiger partial charge is 0.294 e. The van der Waals surface area contributed by atoms with Crippen LogP contribution in [0.15, 0.2) is 35.9 Å². The first-order valence-corrected chi connectivity index (χ1v) is 4.46. The smallest absolute Gasteiger partial charge is 0.237 e. The first kappa shape index (κ1) is 10.4. The van der Waals surface area contributed by atoms with Crippen LogP contribution in [0, 0.1) is 0 Å². The Bertz CT molecular complexity index is 350. The summed E-state index contributed by atoms with van der Waals surface area (Å²) >= 11 is 0. The predicted molar refractivity (Wildman–Crippen MR) is 55.4 cm³/mol. The van der Waals surface area contributed by atoms with Gasteiger partial charge in [-0.2, -0.15) is 0 Å². The Morgan fingerprint density at radius 1 is 1.36 bits per heavy atom. The summed E-state index contributed by atoms with van der Waals surface area (Å²) in [6.07, 6.45) is 3.54. The lowest BCUT2D eigenvalue weighted by Gasteiger charge is -1.95. The van der Waals surface area contributed by atoms with Crippen LogP contribution in [0.25, 0.3) is 6.08 Å². The molecular weight excluding hydrogens is 176 g/mol.